The van der Waals surface area contributed by atoms with E-state index in [0.717, 1.165) is 6.42 Å². The number of nitrogens with one attached hydrogen (secondary N) is 1. The highest BCUT2D eigenvalue weighted by atomic mass is 79.9. The standard InChI is InChI=1S/C13H17BrClF2N/c1-8(2)5-9(15)6-18-7-10-12(16)4-3-11(14)13(10)17/h3-4,8-9,18H,5-7H2,1-2H3. The summed E-state index contributed by atoms with van der Waals surface area (Å²) in [7, 11) is 0. The summed E-state index contributed by atoms with van der Waals surface area (Å²) >= 11 is 9.13. The number of rotatable bonds is 6. The van der Waals surface area contributed by atoms with E-state index in [1.165, 1.54) is 12.1 Å². The van der Waals surface area contributed by atoms with Crippen LogP contribution in [0.5, 0.6) is 0 Å². The highest BCUT2D eigenvalue weighted by molar-refractivity contribution is 9.10. The van der Waals surface area contributed by atoms with E-state index < -0.39 is 11.6 Å². The van der Waals surface area contributed by atoms with E-state index in [2.05, 4.69) is 35.1 Å². The van der Waals surface area contributed by atoms with Crippen LogP contribution in [0.15, 0.2) is 16.6 Å². The van der Waals surface area contributed by atoms with Gasteiger partial charge in [-0.2, -0.15) is 0 Å². The highest BCUT2D eigenvalue weighted by Crippen LogP contribution is 2.21. The molecule has 102 valence electrons. The zero-order valence-electron chi connectivity index (χ0n) is 10.4. The van der Waals surface area contributed by atoms with Crippen molar-refractivity contribution < 1.29 is 8.78 Å². The van der Waals surface area contributed by atoms with E-state index in [1.807, 2.05) is 0 Å². The molecule has 1 nitrogen and oxygen atoms in total. The van der Waals surface area contributed by atoms with Gasteiger partial charge in [0.2, 0.25) is 0 Å². The molecule has 0 radical (unpaired) electrons. The summed E-state index contributed by atoms with van der Waals surface area (Å²) < 4.78 is 27.3. The molecular weight excluding hydrogens is 324 g/mol. The number of halogens is 4. The molecule has 0 aromatic heterocycles. The van der Waals surface area contributed by atoms with E-state index in [1.54, 1.807) is 0 Å². The Morgan fingerprint density at radius 1 is 1.33 bits per heavy atom. The van der Waals surface area contributed by atoms with Crippen molar-refractivity contribution in [3.8, 4) is 0 Å². The van der Waals surface area contributed by atoms with Crippen molar-refractivity contribution in [1.82, 2.24) is 5.32 Å². The molecule has 0 aliphatic rings. The number of benzene rings is 1. The Hall–Kier alpha value is -0.190. The zero-order valence-corrected chi connectivity index (χ0v) is 12.8. The van der Waals surface area contributed by atoms with Crippen LogP contribution in [-0.2, 0) is 6.54 Å². The molecular formula is C13H17BrClF2N. The van der Waals surface area contributed by atoms with E-state index in [9.17, 15) is 8.78 Å². The maximum Gasteiger partial charge on any atom is 0.144 e. The molecule has 0 amide bonds. The first-order valence-corrected chi connectivity index (χ1v) is 7.12. The normalized spacial score (nSPS) is 13.1. The fourth-order valence-corrected chi connectivity index (χ4v) is 2.52. The van der Waals surface area contributed by atoms with Crippen LogP contribution in [-0.4, -0.2) is 11.9 Å². The summed E-state index contributed by atoms with van der Waals surface area (Å²) in [5.74, 6) is -0.593. The zero-order chi connectivity index (χ0) is 13.7. The van der Waals surface area contributed by atoms with E-state index in [-0.39, 0.29) is 22.0 Å². The molecule has 18 heavy (non-hydrogen) atoms. The molecule has 1 aromatic carbocycles. The average Bonchev–Trinajstić information content (AvgIpc) is 2.27. The fraction of sp³-hybridized carbons (Fsp3) is 0.538. The lowest BCUT2D eigenvalue weighted by Crippen LogP contribution is -2.25. The first-order valence-electron chi connectivity index (χ1n) is 5.89. The van der Waals surface area contributed by atoms with Crippen LogP contribution in [0.25, 0.3) is 0 Å². The SMILES string of the molecule is CC(C)CC(Cl)CNCc1c(F)ccc(Br)c1F. The lowest BCUT2D eigenvalue weighted by Gasteiger charge is -2.13. The fourth-order valence-electron chi connectivity index (χ4n) is 1.68. The summed E-state index contributed by atoms with van der Waals surface area (Å²) in [6, 6.07) is 2.60. The van der Waals surface area contributed by atoms with Crippen molar-refractivity contribution in [2.75, 3.05) is 6.54 Å². The van der Waals surface area contributed by atoms with Crippen molar-refractivity contribution in [3.63, 3.8) is 0 Å². The van der Waals surface area contributed by atoms with Crippen LogP contribution < -0.4 is 5.32 Å². The first kappa shape index (κ1) is 15.9. The third-order valence-corrected chi connectivity index (χ3v) is 3.48. The van der Waals surface area contributed by atoms with Crippen LogP contribution in [0.1, 0.15) is 25.8 Å². The van der Waals surface area contributed by atoms with Crippen molar-refractivity contribution >= 4 is 27.5 Å². The van der Waals surface area contributed by atoms with Crippen molar-refractivity contribution in [2.24, 2.45) is 5.92 Å². The van der Waals surface area contributed by atoms with Gasteiger partial charge >= 0.3 is 0 Å². The molecule has 1 atom stereocenters. The number of hydrogen-bond acceptors (Lipinski definition) is 1. The molecule has 0 saturated carbocycles. The van der Waals surface area contributed by atoms with E-state index in [4.69, 9.17) is 11.6 Å². The quantitative estimate of drug-likeness (QED) is 0.595. The third kappa shape index (κ3) is 4.82. The topological polar surface area (TPSA) is 12.0 Å². The summed E-state index contributed by atoms with van der Waals surface area (Å²) in [5, 5.41) is 2.96. The minimum Gasteiger partial charge on any atom is -0.311 e. The Morgan fingerprint density at radius 2 is 2.00 bits per heavy atom. The van der Waals surface area contributed by atoms with Gasteiger partial charge in [0, 0.05) is 24.0 Å². The summed E-state index contributed by atoms with van der Waals surface area (Å²) in [6.45, 7) is 4.84. The van der Waals surface area contributed by atoms with Crippen LogP contribution in [0, 0.1) is 17.6 Å². The molecule has 1 N–H and O–H groups in total. The predicted molar refractivity (Wildman–Crippen MR) is 74.9 cm³/mol. The second-order valence-corrected chi connectivity index (χ2v) is 6.15. The summed E-state index contributed by atoms with van der Waals surface area (Å²) in [6.07, 6.45) is 0.873. The monoisotopic (exact) mass is 339 g/mol. The van der Waals surface area contributed by atoms with E-state index in [0.29, 0.717) is 12.5 Å². The molecule has 0 saturated heterocycles. The number of hydrogen-bond donors (Lipinski definition) is 1. The van der Waals surface area contributed by atoms with Crippen LogP contribution >= 0.6 is 27.5 Å². The second-order valence-electron chi connectivity index (χ2n) is 4.68. The molecule has 0 aliphatic carbocycles. The first-order chi connectivity index (χ1) is 8.41. The minimum absolute atomic E-state index is 0.0247. The Bertz CT molecular complexity index is 399. The van der Waals surface area contributed by atoms with Gasteiger partial charge in [0.25, 0.3) is 0 Å². The van der Waals surface area contributed by atoms with Crippen LogP contribution in [0.2, 0.25) is 0 Å². The van der Waals surface area contributed by atoms with Gasteiger partial charge < -0.3 is 5.32 Å². The van der Waals surface area contributed by atoms with E-state index >= 15 is 0 Å². The van der Waals surface area contributed by atoms with Gasteiger partial charge in [0.05, 0.1) is 4.47 Å². The molecule has 1 rings (SSSR count). The molecule has 5 heteroatoms. The Morgan fingerprint density at radius 3 is 2.61 bits per heavy atom. The maximum absolute atomic E-state index is 13.6. The maximum atomic E-state index is 13.6. The molecule has 0 spiro atoms. The second kappa shape index (κ2) is 7.41. The Balaban J connectivity index is 2.51. The molecule has 0 aliphatic heterocycles. The van der Waals surface area contributed by atoms with Gasteiger partial charge in [-0.25, -0.2) is 8.78 Å². The van der Waals surface area contributed by atoms with Crippen molar-refractivity contribution in [3.05, 3.63) is 33.8 Å². The van der Waals surface area contributed by atoms with Crippen molar-refractivity contribution in [1.29, 1.82) is 0 Å². The van der Waals surface area contributed by atoms with Crippen LogP contribution in [0.4, 0.5) is 8.78 Å². The third-order valence-electron chi connectivity index (χ3n) is 2.53. The minimum atomic E-state index is -0.558. The van der Waals surface area contributed by atoms with Gasteiger partial charge in [-0.05, 0) is 40.4 Å². The average molecular weight is 341 g/mol. The predicted octanol–water partition coefficient (Wildman–Crippen LogP) is 4.47. The molecule has 0 heterocycles. The van der Waals surface area contributed by atoms with Gasteiger partial charge in [-0.1, -0.05) is 13.8 Å². The number of alkyl halides is 1. The largest absolute Gasteiger partial charge is 0.311 e. The van der Waals surface area contributed by atoms with Gasteiger partial charge in [-0.15, -0.1) is 11.6 Å². The lowest BCUT2D eigenvalue weighted by atomic mass is 10.1. The van der Waals surface area contributed by atoms with Gasteiger partial charge in [0.15, 0.2) is 0 Å². The summed E-state index contributed by atoms with van der Waals surface area (Å²) in [4.78, 5) is 0. The van der Waals surface area contributed by atoms with Crippen LogP contribution in [0.3, 0.4) is 0 Å². The molecule has 0 bridgehead atoms. The van der Waals surface area contributed by atoms with Crippen molar-refractivity contribution in [2.45, 2.75) is 32.2 Å². The summed E-state index contributed by atoms with van der Waals surface area (Å²) in [5.41, 5.74) is 0.0396. The van der Waals surface area contributed by atoms with Gasteiger partial charge in [0.1, 0.15) is 11.6 Å². The lowest BCUT2D eigenvalue weighted by molar-refractivity contribution is 0.508. The highest BCUT2D eigenvalue weighted by Gasteiger charge is 2.13. The molecule has 1 unspecified atom stereocenters. The molecule has 0 fully saturated rings. The Kier molecular flexibility index (Phi) is 6.53. The molecule has 1 aromatic rings. The smallest absolute Gasteiger partial charge is 0.144 e. The van der Waals surface area contributed by atoms with Gasteiger partial charge in [-0.3, -0.25) is 0 Å². The Labute approximate surface area is 120 Å².